The molecule has 2 saturated heterocycles. The summed E-state index contributed by atoms with van der Waals surface area (Å²) in [7, 11) is 4.54. The molecule has 1 unspecified atom stereocenters. The summed E-state index contributed by atoms with van der Waals surface area (Å²) in [5.74, 6) is 1.06. The van der Waals surface area contributed by atoms with Gasteiger partial charge >= 0.3 is 18.1 Å². The Kier molecular flexibility index (Phi) is 11.3. The molecule has 3 aromatic carbocycles. The van der Waals surface area contributed by atoms with Crippen LogP contribution in [0.3, 0.4) is 0 Å². The van der Waals surface area contributed by atoms with E-state index in [1.54, 1.807) is 0 Å². The number of aromatic amines is 2. The Morgan fingerprint density at radius 3 is 2.03 bits per heavy atom. The number of hydrogen-bond donors (Lipinski definition) is 4. The third-order valence-electron chi connectivity index (χ3n) is 12.6. The lowest BCUT2D eigenvalue weighted by Crippen LogP contribution is -2.59. The Hall–Kier alpha value is -6.35. The second-order valence-corrected chi connectivity index (χ2v) is 17.2. The molecule has 0 aliphatic carbocycles. The number of carbonyl (C=O) groups is 4. The molecule has 5 heterocycles. The van der Waals surface area contributed by atoms with Crippen molar-refractivity contribution in [3.8, 4) is 22.4 Å². The molecule has 8 rings (SSSR count). The Bertz CT molecular complexity index is 2650. The minimum Gasteiger partial charge on any atom is -0.453 e. The Balaban J connectivity index is 1.00. The maximum Gasteiger partial charge on any atom is 0.407 e. The number of aromatic nitrogens is 5. The fourth-order valence-corrected chi connectivity index (χ4v) is 9.13. The van der Waals surface area contributed by atoms with Crippen LogP contribution in [0.5, 0.6) is 0 Å². The van der Waals surface area contributed by atoms with Crippen LogP contribution in [-0.4, -0.2) is 105 Å². The molecule has 15 nitrogen and oxygen atoms in total. The summed E-state index contributed by atoms with van der Waals surface area (Å²) in [6.45, 7) is 8.90. The van der Waals surface area contributed by atoms with Crippen molar-refractivity contribution in [2.45, 2.75) is 77.5 Å². The minimum absolute atomic E-state index is 0.0539. The lowest BCUT2D eigenvalue weighted by atomic mass is 10.0. The van der Waals surface area contributed by atoms with Gasteiger partial charge in [0.25, 0.3) is 0 Å². The molecule has 61 heavy (non-hydrogen) atoms. The number of rotatable bonds is 10. The van der Waals surface area contributed by atoms with Crippen molar-refractivity contribution >= 4 is 56.8 Å². The highest BCUT2D eigenvalue weighted by Gasteiger charge is 2.50. The first-order chi connectivity index (χ1) is 29.3. The third kappa shape index (κ3) is 7.89. The molecule has 2 aliphatic rings. The topological polar surface area (TPSA) is 184 Å². The number of nitrogens with zero attached hydrogens (tertiary/aromatic N) is 5. The second-order valence-electron chi connectivity index (χ2n) is 17.2. The highest BCUT2D eigenvalue weighted by Crippen LogP contribution is 2.39. The quantitative estimate of drug-likeness (QED) is 0.101. The van der Waals surface area contributed by atoms with Crippen LogP contribution in [0.2, 0.25) is 0 Å². The van der Waals surface area contributed by atoms with E-state index in [0.29, 0.717) is 13.1 Å². The van der Waals surface area contributed by atoms with Gasteiger partial charge in [-0.1, -0.05) is 52.0 Å². The van der Waals surface area contributed by atoms with Crippen LogP contribution in [-0.2, 0) is 19.1 Å². The van der Waals surface area contributed by atoms with E-state index < -0.39 is 24.3 Å². The van der Waals surface area contributed by atoms with E-state index >= 15 is 0 Å². The highest BCUT2D eigenvalue weighted by atomic mass is 16.5. The predicted octanol–water partition coefficient (Wildman–Crippen LogP) is 7.55. The van der Waals surface area contributed by atoms with E-state index in [1.165, 1.54) is 14.2 Å². The first-order valence-electron chi connectivity index (χ1n) is 21.1. The second kappa shape index (κ2) is 16.6. The number of methoxy groups -OCH3 is 2. The van der Waals surface area contributed by atoms with Crippen molar-refractivity contribution in [3.63, 3.8) is 0 Å². The number of carbonyl (C=O) groups excluding carboxylic acids is 4. The van der Waals surface area contributed by atoms with Gasteiger partial charge in [-0.05, 0) is 77.6 Å². The molecule has 6 aromatic rings. The SMILES string of the molecule is COC(=O)N[C@H](C(=O)N1CCC[C@H]1c1nc2ccc(-c3cc4ccc(-c5ccc6nc([C@@H]7CCC[N+]7(C)C(=O)[C@@H](NC(=O)OC)C(C)C)[nH]c6c5)cc4cn3)cc2[nH]1)C(C)C. The minimum atomic E-state index is -0.700. The van der Waals surface area contributed by atoms with Crippen LogP contribution >= 0.6 is 0 Å². The average molecular weight is 829 g/mol. The van der Waals surface area contributed by atoms with Gasteiger partial charge in [0, 0.05) is 36.5 Å². The van der Waals surface area contributed by atoms with Crippen LogP contribution < -0.4 is 10.6 Å². The number of H-pyrrole nitrogens is 2. The number of likely N-dealkylation sites (N-methyl/N-ethyl adjacent to an activating group) is 1. The molecule has 0 saturated carbocycles. The van der Waals surface area contributed by atoms with E-state index in [2.05, 4.69) is 57.0 Å². The fourth-order valence-electron chi connectivity index (χ4n) is 9.13. The highest BCUT2D eigenvalue weighted by molar-refractivity contribution is 5.92. The van der Waals surface area contributed by atoms with Gasteiger partial charge in [0.2, 0.25) is 5.91 Å². The lowest BCUT2D eigenvalue weighted by molar-refractivity contribution is -0.854. The monoisotopic (exact) mass is 828 g/mol. The van der Waals surface area contributed by atoms with E-state index in [0.717, 1.165) is 92.6 Å². The number of likely N-dealkylation sites (tertiary alicyclic amines) is 2. The molecule has 318 valence electrons. The standard InChI is InChI=1S/C46H53N9O6/c1-25(2)39(52-45(58)60-6)43(56)54-18-8-10-37(54)41-48-32-17-15-30(23-36(32)50-41)34-21-29-13-12-27(20-31(29)24-47-34)28-14-16-33-35(22-28)51-42(49-33)38-11-9-19-55(38,5)44(57)40(26(3)4)53-46(59)61-7/h12-17,20-26,37-40H,8-11,18-19H2,1-7H3,(H3-,47,48,49,50,51,52,53,58,59)/p+1/t37-,38-,39-,40-,55?/m0/s1. The van der Waals surface area contributed by atoms with E-state index in [9.17, 15) is 19.2 Å². The van der Waals surface area contributed by atoms with Crippen molar-refractivity contribution in [1.82, 2.24) is 40.5 Å². The normalized spacial score (nSPS) is 20.1. The number of imidazole rings is 2. The average Bonchev–Trinajstić information content (AvgIpc) is 4.08. The molecular weight excluding hydrogens is 775 g/mol. The number of pyridine rings is 1. The summed E-state index contributed by atoms with van der Waals surface area (Å²) in [6.07, 6.45) is 3.93. The Morgan fingerprint density at radius 2 is 1.34 bits per heavy atom. The molecule has 2 fully saturated rings. The van der Waals surface area contributed by atoms with Gasteiger partial charge in [-0.25, -0.2) is 24.4 Å². The molecule has 3 aromatic heterocycles. The largest absolute Gasteiger partial charge is 0.453 e. The third-order valence-corrected chi connectivity index (χ3v) is 12.6. The van der Waals surface area contributed by atoms with Gasteiger partial charge in [0.1, 0.15) is 17.9 Å². The molecule has 15 heteroatoms. The summed E-state index contributed by atoms with van der Waals surface area (Å²) >= 11 is 0. The molecular formula is C46H54N9O6+. The van der Waals surface area contributed by atoms with Crippen LogP contribution in [0, 0.1) is 11.8 Å². The Morgan fingerprint density at radius 1 is 0.738 bits per heavy atom. The summed E-state index contributed by atoms with van der Waals surface area (Å²) in [5.41, 5.74) is 7.20. The zero-order valence-electron chi connectivity index (χ0n) is 35.7. The van der Waals surface area contributed by atoms with Gasteiger partial charge in [0.05, 0.1) is 61.6 Å². The number of nitrogens with one attached hydrogen (secondary N) is 4. The van der Waals surface area contributed by atoms with Gasteiger partial charge in [-0.3, -0.25) is 14.3 Å². The maximum absolute atomic E-state index is 14.0. The van der Waals surface area contributed by atoms with E-state index in [-0.39, 0.29) is 40.2 Å². The van der Waals surface area contributed by atoms with E-state index in [1.807, 2.05) is 70.1 Å². The predicted molar refractivity (Wildman–Crippen MR) is 232 cm³/mol. The van der Waals surface area contributed by atoms with Gasteiger partial charge < -0.3 is 35.0 Å². The summed E-state index contributed by atoms with van der Waals surface area (Å²) in [4.78, 5) is 75.4. The number of fused-ring (bicyclic) bond motifs is 3. The van der Waals surface area contributed by atoms with Crippen LogP contribution in [0.4, 0.5) is 9.59 Å². The van der Waals surface area contributed by atoms with Crippen LogP contribution in [0.25, 0.3) is 55.2 Å². The summed E-state index contributed by atoms with van der Waals surface area (Å²) in [5, 5.41) is 7.52. The number of quaternary nitrogens is 1. The smallest absolute Gasteiger partial charge is 0.407 e. The lowest BCUT2D eigenvalue weighted by Gasteiger charge is -2.36. The van der Waals surface area contributed by atoms with Gasteiger partial charge in [-0.15, -0.1) is 0 Å². The molecule has 0 radical (unpaired) electrons. The Labute approximate surface area is 354 Å². The zero-order valence-corrected chi connectivity index (χ0v) is 35.7. The van der Waals surface area contributed by atoms with Gasteiger partial charge in [-0.2, -0.15) is 0 Å². The molecule has 0 bridgehead atoms. The van der Waals surface area contributed by atoms with Crippen molar-refractivity contribution in [2.75, 3.05) is 34.4 Å². The summed E-state index contributed by atoms with van der Waals surface area (Å²) < 4.78 is 9.75. The number of hydrogen-bond acceptors (Lipinski definition) is 9. The molecule has 4 N–H and O–H groups in total. The van der Waals surface area contributed by atoms with Crippen LogP contribution in [0.15, 0.2) is 66.9 Å². The molecule has 4 amide bonds. The molecule has 5 atom stereocenters. The van der Waals surface area contributed by atoms with E-state index in [4.69, 9.17) is 24.4 Å². The molecule has 0 spiro atoms. The van der Waals surface area contributed by atoms with Crippen molar-refractivity contribution < 1.29 is 33.1 Å². The first kappa shape index (κ1) is 41.4. The zero-order chi connectivity index (χ0) is 43.2. The molecule has 2 aliphatic heterocycles. The number of benzene rings is 3. The van der Waals surface area contributed by atoms with Crippen molar-refractivity contribution in [3.05, 3.63) is 78.5 Å². The first-order valence-corrected chi connectivity index (χ1v) is 21.1. The number of ether oxygens (including phenoxy) is 2. The van der Waals surface area contributed by atoms with Crippen LogP contribution in [0.1, 0.15) is 77.1 Å². The van der Waals surface area contributed by atoms with Gasteiger partial charge in [0.15, 0.2) is 11.9 Å². The fraction of sp³-hybridized carbons (Fsp3) is 0.413. The van der Waals surface area contributed by atoms with Crippen molar-refractivity contribution in [1.29, 1.82) is 0 Å². The summed E-state index contributed by atoms with van der Waals surface area (Å²) in [6, 6.07) is 18.9. The number of amides is 4. The number of alkyl carbamates (subject to hydrolysis) is 2. The van der Waals surface area contributed by atoms with Crippen molar-refractivity contribution in [2.24, 2.45) is 11.8 Å². The maximum atomic E-state index is 14.0.